The molecule has 25 heavy (non-hydrogen) atoms. The summed E-state index contributed by atoms with van der Waals surface area (Å²) in [7, 11) is 2.15. The van der Waals surface area contributed by atoms with Gasteiger partial charge < -0.3 is 8.97 Å². The third kappa shape index (κ3) is 3.32. The average Bonchev–Trinajstić information content (AvgIpc) is 3.29. The predicted octanol–water partition coefficient (Wildman–Crippen LogP) is 3.33. The Morgan fingerprint density at radius 1 is 1.00 bits per heavy atom. The first-order valence-electron chi connectivity index (χ1n) is 8.47. The summed E-state index contributed by atoms with van der Waals surface area (Å²) in [5.41, 5.74) is 4.42. The number of pyridine rings is 1. The molecule has 0 saturated heterocycles. The summed E-state index contributed by atoms with van der Waals surface area (Å²) >= 11 is 0. The Labute approximate surface area is 147 Å². The second kappa shape index (κ2) is 6.91. The van der Waals surface area contributed by atoms with Crippen LogP contribution in [0, 0.1) is 0 Å². The molecule has 0 radical (unpaired) electrons. The summed E-state index contributed by atoms with van der Waals surface area (Å²) in [6, 6.07) is 16.5. The Morgan fingerprint density at radius 3 is 2.64 bits per heavy atom. The number of aromatic nitrogens is 4. The molecular weight excluding hydrogens is 310 g/mol. The first kappa shape index (κ1) is 15.6. The van der Waals surface area contributed by atoms with Crippen molar-refractivity contribution >= 4 is 5.65 Å². The molecule has 0 spiro atoms. The fourth-order valence-electron chi connectivity index (χ4n) is 3.06. The maximum atomic E-state index is 4.87. The number of imidazole rings is 2. The summed E-state index contributed by atoms with van der Waals surface area (Å²) in [4.78, 5) is 11.3. The van der Waals surface area contributed by atoms with Crippen LogP contribution in [0.2, 0.25) is 0 Å². The van der Waals surface area contributed by atoms with Crippen LogP contribution in [-0.2, 0) is 13.1 Å². The molecule has 4 aromatic rings. The molecule has 0 aliphatic rings. The Bertz CT molecular complexity index is 941. The number of likely N-dealkylation sites (N-methyl/N-ethyl adjacent to an activating group) is 1. The van der Waals surface area contributed by atoms with Crippen LogP contribution in [0.5, 0.6) is 0 Å². The normalized spacial score (nSPS) is 11.4. The van der Waals surface area contributed by atoms with E-state index in [4.69, 9.17) is 4.98 Å². The SMILES string of the molecule is CN(CCn1ccnc1)Cc1c(-c2ccccc2)nc2ccccn12. The van der Waals surface area contributed by atoms with Crippen molar-refractivity contribution in [1.82, 2.24) is 23.8 Å². The van der Waals surface area contributed by atoms with E-state index in [-0.39, 0.29) is 0 Å². The molecule has 126 valence electrons. The third-order valence-electron chi connectivity index (χ3n) is 4.39. The fraction of sp³-hybridized carbons (Fsp3) is 0.200. The van der Waals surface area contributed by atoms with Crippen molar-refractivity contribution in [3.63, 3.8) is 0 Å². The smallest absolute Gasteiger partial charge is 0.137 e. The van der Waals surface area contributed by atoms with Crippen LogP contribution in [0.1, 0.15) is 5.69 Å². The highest BCUT2D eigenvalue weighted by Gasteiger charge is 2.15. The molecule has 1 aromatic carbocycles. The van der Waals surface area contributed by atoms with Gasteiger partial charge in [0.25, 0.3) is 0 Å². The van der Waals surface area contributed by atoms with Gasteiger partial charge in [0.05, 0.1) is 17.7 Å². The standard InChI is InChI=1S/C20H21N5/c1-23(13-14-24-12-10-21-16-24)15-18-20(17-7-3-2-4-8-17)22-19-9-5-6-11-25(18)19/h2-12,16H,13-15H2,1H3. The second-order valence-electron chi connectivity index (χ2n) is 6.24. The highest BCUT2D eigenvalue weighted by Crippen LogP contribution is 2.25. The maximum Gasteiger partial charge on any atom is 0.137 e. The van der Waals surface area contributed by atoms with Gasteiger partial charge in [0, 0.05) is 43.8 Å². The van der Waals surface area contributed by atoms with Gasteiger partial charge in [0.2, 0.25) is 0 Å². The monoisotopic (exact) mass is 331 g/mol. The number of hydrogen-bond acceptors (Lipinski definition) is 3. The van der Waals surface area contributed by atoms with Crippen molar-refractivity contribution in [3.8, 4) is 11.3 Å². The van der Waals surface area contributed by atoms with Gasteiger partial charge in [-0.3, -0.25) is 4.90 Å². The molecule has 4 rings (SSSR count). The Morgan fingerprint density at radius 2 is 1.84 bits per heavy atom. The minimum absolute atomic E-state index is 0.837. The molecule has 0 amide bonds. The summed E-state index contributed by atoms with van der Waals surface area (Å²) in [6.45, 7) is 2.71. The molecular formula is C20H21N5. The lowest BCUT2D eigenvalue weighted by Gasteiger charge is -2.17. The second-order valence-corrected chi connectivity index (χ2v) is 6.24. The third-order valence-corrected chi connectivity index (χ3v) is 4.39. The van der Waals surface area contributed by atoms with E-state index in [1.807, 2.05) is 30.9 Å². The number of benzene rings is 1. The van der Waals surface area contributed by atoms with Crippen LogP contribution in [0.3, 0.4) is 0 Å². The van der Waals surface area contributed by atoms with Crippen LogP contribution < -0.4 is 0 Å². The topological polar surface area (TPSA) is 38.4 Å². The van der Waals surface area contributed by atoms with Gasteiger partial charge in [-0.05, 0) is 19.2 Å². The van der Waals surface area contributed by atoms with Crippen LogP contribution in [0.25, 0.3) is 16.9 Å². The molecule has 3 aromatic heterocycles. The zero-order valence-electron chi connectivity index (χ0n) is 14.3. The number of fused-ring (bicyclic) bond motifs is 1. The van der Waals surface area contributed by atoms with Gasteiger partial charge in [-0.25, -0.2) is 9.97 Å². The van der Waals surface area contributed by atoms with E-state index in [1.54, 1.807) is 0 Å². The van der Waals surface area contributed by atoms with E-state index in [0.29, 0.717) is 0 Å². The van der Waals surface area contributed by atoms with Crippen molar-refractivity contribution in [2.45, 2.75) is 13.1 Å². The first-order chi connectivity index (χ1) is 12.3. The van der Waals surface area contributed by atoms with Crippen molar-refractivity contribution in [3.05, 3.63) is 79.1 Å². The molecule has 0 unspecified atom stereocenters. The van der Waals surface area contributed by atoms with Gasteiger partial charge in [-0.1, -0.05) is 36.4 Å². The molecule has 0 aliphatic heterocycles. The molecule has 5 nitrogen and oxygen atoms in total. The molecule has 5 heteroatoms. The molecule has 0 bridgehead atoms. The Balaban J connectivity index is 1.63. The lowest BCUT2D eigenvalue weighted by molar-refractivity contribution is 0.307. The Kier molecular flexibility index (Phi) is 4.31. The summed E-state index contributed by atoms with van der Waals surface area (Å²) in [5.74, 6) is 0. The summed E-state index contributed by atoms with van der Waals surface area (Å²) < 4.78 is 4.29. The molecule has 0 N–H and O–H groups in total. The molecule has 0 saturated carbocycles. The lowest BCUT2D eigenvalue weighted by atomic mass is 10.1. The van der Waals surface area contributed by atoms with E-state index < -0.39 is 0 Å². The van der Waals surface area contributed by atoms with E-state index in [2.05, 4.69) is 68.5 Å². The quantitative estimate of drug-likeness (QED) is 0.544. The molecule has 0 atom stereocenters. The van der Waals surface area contributed by atoms with Gasteiger partial charge >= 0.3 is 0 Å². The van der Waals surface area contributed by atoms with Crippen molar-refractivity contribution in [2.75, 3.05) is 13.6 Å². The summed E-state index contributed by atoms with van der Waals surface area (Å²) in [5, 5.41) is 0. The van der Waals surface area contributed by atoms with Crippen LogP contribution in [0.4, 0.5) is 0 Å². The largest absolute Gasteiger partial charge is 0.336 e. The minimum Gasteiger partial charge on any atom is -0.336 e. The predicted molar refractivity (Wildman–Crippen MR) is 99.2 cm³/mol. The highest BCUT2D eigenvalue weighted by atomic mass is 15.2. The van der Waals surface area contributed by atoms with E-state index in [1.165, 1.54) is 5.69 Å². The molecule has 3 heterocycles. The zero-order valence-corrected chi connectivity index (χ0v) is 14.3. The first-order valence-corrected chi connectivity index (χ1v) is 8.47. The number of hydrogen-bond donors (Lipinski definition) is 0. The van der Waals surface area contributed by atoms with Gasteiger partial charge in [0.1, 0.15) is 5.65 Å². The van der Waals surface area contributed by atoms with Gasteiger partial charge in [-0.15, -0.1) is 0 Å². The van der Waals surface area contributed by atoms with Gasteiger partial charge in [0.15, 0.2) is 0 Å². The van der Waals surface area contributed by atoms with Gasteiger partial charge in [-0.2, -0.15) is 0 Å². The van der Waals surface area contributed by atoms with Crippen LogP contribution >= 0.6 is 0 Å². The summed E-state index contributed by atoms with van der Waals surface area (Å²) in [6.07, 6.45) is 7.76. The van der Waals surface area contributed by atoms with E-state index in [0.717, 1.165) is 36.5 Å². The highest BCUT2D eigenvalue weighted by molar-refractivity contribution is 5.66. The van der Waals surface area contributed by atoms with Crippen LogP contribution in [0.15, 0.2) is 73.4 Å². The van der Waals surface area contributed by atoms with Crippen LogP contribution in [-0.4, -0.2) is 37.4 Å². The van der Waals surface area contributed by atoms with E-state index >= 15 is 0 Å². The van der Waals surface area contributed by atoms with Crippen molar-refractivity contribution < 1.29 is 0 Å². The number of nitrogens with zero attached hydrogens (tertiary/aromatic N) is 5. The number of rotatable bonds is 6. The fourth-order valence-corrected chi connectivity index (χ4v) is 3.06. The maximum absolute atomic E-state index is 4.87. The van der Waals surface area contributed by atoms with E-state index in [9.17, 15) is 0 Å². The molecule has 0 aliphatic carbocycles. The Hall–Kier alpha value is -2.92. The average molecular weight is 331 g/mol. The molecule has 0 fully saturated rings. The zero-order chi connectivity index (χ0) is 17.1. The minimum atomic E-state index is 0.837. The van der Waals surface area contributed by atoms with Crippen molar-refractivity contribution in [2.24, 2.45) is 0 Å². The lowest BCUT2D eigenvalue weighted by Crippen LogP contribution is -2.23. The van der Waals surface area contributed by atoms with Crippen molar-refractivity contribution in [1.29, 1.82) is 0 Å².